The van der Waals surface area contributed by atoms with Gasteiger partial charge in [-0.1, -0.05) is 19.1 Å². The van der Waals surface area contributed by atoms with Crippen molar-refractivity contribution in [3.63, 3.8) is 0 Å². The number of halogens is 5. The third-order valence-electron chi connectivity index (χ3n) is 4.37. The molecule has 0 spiro atoms. The molecule has 0 atom stereocenters. The van der Waals surface area contributed by atoms with Crippen LogP contribution in [0.15, 0.2) is 24.3 Å². The number of rotatable bonds is 3. The Hall–Kier alpha value is -1.66. The molecule has 0 saturated heterocycles. The van der Waals surface area contributed by atoms with E-state index < -0.39 is 23.1 Å². The van der Waals surface area contributed by atoms with E-state index in [1.807, 2.05) is 0 Å². The average molecular weight is 335 g/mol. The normalized spacial score (nSPS) is 20.1. The predicted molar refractivity (Wildman–Crippen MR) is 74.8 cm³/mol. The highest BCUT2D eigenvalue weighted by molar-refractivity contribution is 5.82. The smallest absolute Gasteiger partial charge is 0.352 e. The maximum atomic E-state index is 13.2. The second kappa shape index (κ2) is 6.09. The van der Waals surface area contributed by atoms with Gasteiger partial charge in [0.05, 0.1) is 5.56 Å². The van der Waals surface area contributed by atoms with Gasteiger partial charge in [-0.2, -0.15) is 13.2 Å². The predicted octanol–water partition coefficient (Wildman–Crippen LogP) is 4.54. The zero-order valence-corrected chi connectivity index (χ0v) is 12.6. The first kappa shape index (κ1) is 17.7. The fourth-order valence-corrected chi connectivity index (χ4v) is 2.60. The minimum absolute atomic E-state index is 0.0724. The summed E-state index contributed by atoms with van der Waals surface area (Å²) in [6.07, 6.45) is -4.85. The van der Waals surface area contributed by atoms with Gasteiger partial charge in [0.25, 0.3) is 0 Å². The second-order valence-electron chi connectivity index (χ2n) is 6.29. The van der Waals surface area contributed by atoms with E-state index in [2.05, 4.69) is 5.32 Å². The Morgan fingerprint density at radius 2 is 1.61 bits per heavy atom. The minimum atomic E-state index is -4.40. The zero-order chi connectivity index (χ0) is 17.3. The number of nitrogens with one attached hydrogen (secondary N) is 1. The number of carbonyl (C=O) groups excluding carboxylic acids is 1. The van der Waals surface area contributed by atoms with Gasteiger partial charge < -0.3 is 5.32 Å². The van der Waals surface area contributed by atoms with Gasteiger partial charge in [-0.25, -0.2) is 8.78 Å². The maximum Gasteiger partial charge on any atom is 0.416 e. The van der Waals surface area contributed by atoms with Crippen LogP contribution in [-0.2, 0) is 17.5 Å². The van der Waals surface area contributed by atoms with E-state index in [0.717, 1.165) is 12.1 Å². The molecule has 1 aromatic carbocycles. The summed E-state index contributed by atoms with van der Waals surface area (Å²) in [5.74, 6) is -3.05. The second-order valence-corrected chi connectivity index (χ2v) is 6.29. The van der Waals surface area contributed by atoms with Crippen LogP contribution in [0.4, 0.5) is 22.0 Å². The zero-order valence-electron chi connectivity index (χ0n) is 12.6. The molecule has 1 N–H and O–H groups in total. The van der Waals surface area contributed by atoms with E-state index in [-0.39, 0.29) is 38.1 Å². The number of amides is 1. The van der Waals surface area contributed by atoms with Gasteiger partial charge >= 0.3 is 6.18 Å². The molecule has 0 bridgehead atoms. The largest absolute Gasteiger partial charge is 0.416 e. The van der Waals surface area contributed by atoms with Crippen molar-refractivity contribution in [3.05, 3.63) is 35.4 Å². The highest BCUT2D eigenvalue weighted by atomic mass is 19.4. The van der Waals surface area contributed by atoms with Gasteiger partial charge in [-0.3, -0.25) is 4.79 Å². The Bertz CT molecular complexity index is 555. The van der Waals surface area contributed by atoms with Crippen LogP contribution in [0, 0.1) is 5.41 Å². The van der Waals surface area contributed by atoms with Crippen LogP contribution in [0.25, 0.3) is 0 Å². The van der Waals surface area contributed by atoms with Crippen molar-refractivity contribution in [3.8, 4) is 0 Å². The lowest BCUT2D eigenvalue weighted by Gasteiger charge is -2.35. The molecule has 1 aliphatic carbocycles. The van der Waals surface area contributed by atoms with Crippen molar-refractivity contribution in [1.82, 2.24) is 5.32 Å². The molecule has 23 heavy (non-hydrogen) atoms. The molecule has 0 aromatic heterocycles. The first-order valence-electron chi connectivity index (χ1n) is 7.34. The molecule has 7 heteroatoms. The lowest BCUT2D eigenvalue weighted by atomic mass is 9.73. The molecule has 0 unspecified atom stereocenters. The molecule has 2 rings (SSSR count). The van der Waals surface area contributed by atoms with Crippen molar-refractivity contribution < 1.29 is 26.7 Å². The first-order valence-corrected chi connectivity index (χ1v) is 7.34. The van der Waals surface area contributed by atoms with Crippen LogP contribution in [0.2, 0.25) is 0 Å². The third-order valence-corrected chi connectivity index (χ3v) is 4.37. The monoisotopic (exact) mass is 335 g/mol. The molecular formula is C16H18F5NO. The molecule has 1 amide bonds. The summed E-state index contributed by atoms with van der Waals surface area (Å²) in [6, 6.07) is 4.48. The van der Waals surface area contributed by atoms with Crippen molar-refractivity contribution in [2.24, 2.45) is 5.41 Å². The minimum Gasteiger partial charge on any atom is -0.352 e. The van der Waals surface area contributed by atoms with Crippen LogP contribution < -0.4 is 5.32 Å². The Labute approximate surface area is 131 Å². The van der Waals surface area contributed by atoms with Crippen molar-refractivity contribution in [2.75, 3.05) is 0 Å². The van der Waals surface area contributed by atoms with Gasteiger partial charge in [-0.05, 0) is 30.5 Å². The fraction of sp³-hybridized carbons (Fsp3) is 0.562. The van der Waals surface area contributed by atoms with E-state index in [0.29, 0.717) is 5.56 Å². The summed E-state index contributed by atoms with van der Waals surface area (Å²) in [6.45, 7) is 1.72. The Balaban J connectivity index is 1.92. The van der Waals surface area contributed by atoms with Gasteiger partial charge in [-0.15, -0.1) is 0 Å². The van der Waals surface area contributed by atoms with E-state index in [9.17, 15) is 26.7 Å². The van der Waals surface area contributed by atoms with E-state index >= 15 is 0 Å². The molecule has 0 aliphatic heterocycles. The summed E-state index contributed by atoms with van der Waals surface area (Å²) in [5, 5.41) is 2.63. The summed E-state index contributed by atoms with van der Waals surface area (Å²) in [5.41, 5.74) is -1.08. The van der Waals surface area contributed by atoms with Crippen molar-refractivity contribution in [2.45, 2.75) is 51.3 Å². The van der Waals surface area contributed by atoms with Gasteiger partial charge in [0.15, 0.2) is 0 Å². The number of carbonyl (C=O) groups is 1. The van der Waals surface area contributed by atoms with Crippen molar-refractivity contribution >= 4 is 5.91 Å². The Kier molecular flexibility index (Phi) is 4.69. The molecule has 1 fully saturated rings. The SMILES string of the molecule is CC1(C(=O)NCc2ccc(C(F)(F)F)cc2)CCC(F)(F)CC1. The number of benzene rings is 1. The summed E-state index contributed by atoms with van der Waals surface area (Å²) in [4.78, 5) is 12.2. The molecular weight excluding hydrogens is 317 g/mol. The summed E-state index contributed by atoms with van der Waals surface area (Å²) in [7, 11) is 0. The number of hydrogen-bond acceptors (Lipinski definition) is 1. The molecule has 1 aliphatic rings. The van der Waals surface area contributed by atoms with Crippen molar-refractivity contribution in [1.29, 1.82) is 0 Å². The number of hydrogen-bond donors (Lipinski definition) is 1. The van der Waals surface area contributed by atoms with Gasteiger partial charge in [0.2, 0.25) is 11.8 Å². The van der Waals surface area contributed by atoms with E-state index in [1.165, 1.54) is 12.1 Å². The third kappa shape index (κ3) is 4.42. The molecule has 0 radical (unpaired) electrons. The fourth-order valence-electron chi connectivity index (χ4n) is 2.60. The summed E-state index contributed by atoms with van der Waals surface area (Å²) >= 11 is 0. The molecule has 1 saturated carbocycles. The van der Waals surface area contributed by atoms with E-state index in [4.69, 9.17) is 0 Å². The molecule has 128 valence electrons. The quantitative estimate of drug-likeness (QED) is 0.808. The van der Waals surface area contributed by atoms with Crippen LogP contribution in [0.5, 0.6) is 0 Å². The lowest BCUT2D eigenvalue weighted by Crippen LogP contribution is -2.43. The van der Waals surface area contributed by atoms with Gasteiger partial charge in [0, 0.05) is 24.8 Å². The van der Waals surface area contributed by atoms with Crippen LogP contribution in [-0.4, -0.2) is 11.8 Å². The first-order chi connectivity index (χ1) is 10.5. The number of alkyl halides is 5. The van der Waals surface area contributed by atoms with Crippen LogP contribution in [0.1, 0.15) is 43.7 Å². The van der Waals surface area contributed by atoms with Crippen LogP contribution in [0.3, 0.4) is 0 Å². The highest BCUT2D eigenvalue weighted by Crippen LogP contribution is 2.43. The average Bonchev–Trinajstić information content (AvgIpc) is 2.47. The molecule has 0 heterocycles. The molecule has 1 aromatic rings. The maximum absolute atomic E-state index is 13.2. The lowest BCUT2D eigenvalue weighted by molar-refractivity contribution is -0.138. The van der Waals surface area contributed by atoms with E-state index in [1.54, 1.807) is 6.92 Å². The van der Waals surface area contributed by atoms with Gasteiger partial charge in [0.1, 0.15) is 0 Å². The summed E-state index contributed by atoms with van der Waals surface area (Å²) < 4.78 is 63.7. The van der Waals surface area contributed by atoms with Crippen LogP contribution >= 0.6 is 0 Å². The highest BCUT2D eigenvalue weighted by Gasteiger charge is 2.44. The topological polar surface area (TPSA) is 29.1 Å². The standard InChI is InChI=1S/C16H18F5NO/c1-14(6-8-15(17,18)9-7-14)13(23)22-10-11-2-4-12(5-3-11)16(19,20)21/h2-5H,6-10H2,1H3,(H,22,23). The molecule has 2 nitrogen and oxygen atoms in total. The Morgan fingerprint density at radius 3 is 2.09 bits per heavy atom. The Morgan fingerprint density at radius 1 is 1.09 bits per heavy atom.